The van der Waals surface area contributed by atoms with Crippen LogP contribution in [0, 0.1) is 0 Å². The molecule has 1 aliphatic heterocycles. The molecule has 3 rings (SSSR count). The second kappa shape index (κ2) is 12.0. The fourth-order valence-electron chi connectivity index (χ4n) is 4.81. The molecule has 174 valence electrons. The average molecular weight is 449 g/mol. The summed E-state index contributed by atoms with van der Waals surface area (Å²) in [7, 11) is 1.12. The molecule has 2 aliphatic rings. The van der Waals surface area contributed by atoms with E-state index in [4.69, 9.17) is 4.74 Å². The number of nitrogens with zero attached hydrogens (tertiary/aromatic N) is 1. The smallest absolute Gasteiger partial charge is 0.191 e. The van der Waals surface area contributed by atoms with Crippen molar-refractivity contribution in [3.63, 3.8) is 0 Å². The minimum absolute atomic E-state index is 0.0378. The molecule has 0 amide bonds. The van der Waals surface area contributed by atoms with Gasteiger partial charge in [-0.1, -0.05) is 43.7 Å². The van der Waals surface area contributed by atoms with E-state index >= 15 is 0 Å². The number of hydrogen-bond acceptors (Lipinski definition) is 4. The SMILES string of the molecule is CCS(=O)C1CCCC(NC(=NC)NCC2(NC(C)c3ccccc3)CCOCC2)C1. The zero-order valence-corrected chi connectivity index (χ0v) is 20.2. The van der Waals surface area contributed by atoms with E-state index in [0.29, 0.717) is 11.3 Å². The number of hydrogen-bond donors (Lipinski definition) is 3. The van der Waals surface area contributed by atoms with Crippen molar-refractivity contribution in [1.29, 1.82) is 0 Å². The van der Waals surface area contributed by atoms with Gasteiger partial charge in [-0.15, -0.1) is 0 Å². The molecule has 0 aromatic heterocycles. The quantitative estimate of drug-likeness (QED) is 0.421. The van der Waals surface area contributed by atoms with Crippen molar-refractivity contribution in [3.8, 4) is 0 Å². The lowest BCUT2D eigenvalue weighted by Crippen LogP contribution is -2.59. The zero-order valence-electron chi connectivity index (χ0n) is 19.4. The molecule has 4 unspecified atom stereocenters. The topological polar surface area (TPSA) is 74.8 Å². The third-order valence-corrected chi connectivity index (χ3v) is 8.45. The molecule has 2 fully saturated rings. The first-order valence-electron chi connectivity index (χ1n) is 11.8. The normalized spacial score (nSPS) is 26.1. The lowest BCUT2D eigenvalue weighted by Gasteiger charge is -2.41. The Morgan fingerprint density at radius 3 is 2.68 bits per heavy atom. The van der Waals surface area contributed by atoms with Crippen LogP contribution < -0.4 is 16.0 Å². The largest absolute Gasteiger partial charge is 0.381 e. The van der Waals surface area contributed by atoms with Gasteiger partial charge in [-0.3, -0.25) is 9.20 Å². The summed E-state index contributed by atoms with van der Waals surface area (Å²) in [5, 5.41) is 11.4. The first-order chi connectivity index (χ1) is 15.0. The Bertz CT molecular complexity index is 722. The average Bonchev–Trinajstić information content (AvgIpc) is 2.82. The second-order valence-electron chi connectivity index (χ2n) is 8.89. The second-order valence-corrected chi connectivity index (χ2v) is 10.9. The van der Waals surface area contributed by atoms with Gasteiger partial charge in [-0.2, -0.15) is 0 Å². The fourth-order valence-corrected chi connectivity index (χ4v) is 6.16. The van der Waals surface area contributed by atoms with Crippen molar-refractivity contribution in [1.82, 2.24) is 16.0 Å². The van der Waals surface area contributed by atoms with Gasteiger partial charge in [-0.05, 0) is 44.6 Å². The van der Waals surface area contributed by atoms with Crippen molar-refractivity contribution in [2.45, 2.75) is 75.2 Å². The summed E-state index contributed by atoms with van der Waals surface area (Å²) >= 11 is 0. The third kappa shape index (κ3) is 7.02. The van der Waals surface area contributed by atoms with E-state index in [-0.39, 0.29) is 11.6 Å². The highest BCUT2D eigenvalue weighted by Gasteiger charge is 2.34. The molecule has 4 atom stereocenters. The first-order valence-corrected chi connectivity index (χ1v) is 13.2. The molecule has 1 heterocycles. The van der Waals surface area contributed by atoms with Crippen molar-refractivity contribution >= 4 is 16.8 Å². The van der Waals surface area contributed by atoms with E-state index in [0.717, 1.165) is 70.0 Å². The maximum absolute atomic E-state index is 12.3. The molecule has 7 heteroatoms. The van der Waals surface area contributed by atoms with E-state index < -0.39 is 10.8 Å². The molecule has 0 bridgehead atoms. The third-order valence-electron chi connectivity index (χ3n) is 6.71. The van der Waals surface area contributed by atoms with E-state index in [9.17, 15) is 4.21 Å². The zero-order chi connectivity index (χ0) is 22.1. The van der Waals surface area contributed by atoms with Crippen molar-refractivity contribution in [2.24, 2.45) is 4.99 Å². The summed E-state index contributed by atoms with van der Waals surface area (Å²) in [5.74, 6) is 1.59. The Hall–Kier alpha value is -1.44. The monoisotopic (exact) mass is 448 g/mol. The predicted molar refractivity (Wildman–Crippen MR) is 130 cm³/mol. The predicted octanol–water partition coefficient (Wildman–Crippen LogP) is 3.13. The van der Waals surface area contributed by atoms with Crippen molar-refractivity contribution in [2.75, 3.05) is 32.6 Å². The highest BCUT2D eigenvalue weighted by Crippen LogP contribution is 2.26. The number of benzene rings is 1. The van der Waals surface area contributed by atoms with Crippen LogP contribution in [0.15, 0.2) is 35.3 Å². The number of rotatable bonds is 8. The first kappa shape index (κ1) is 24.2. The molecule has 6 nitrogen and oxygen atoms in total. The van der Waals surface area contributed by atoms with Gasteiger partial charge in [0.1, 0.15) is 0 Å². The molecule has 1 aliphatic carbocycles. The van der Waals surface area contributed by atoms with Crippen LogP contribution in [0.25, 0.3) is 0 Å². The summed E-state index contributed by atoms with van der Waals surface area (Å²) < 4.78 is 17.9. The summed E-state index contributed by atoms with van der Waals surface area (Å²) in [4.78, 5) is 4.48. The van der Waals surface area contributed by atoms with Gasteiger partial charge in [0, 0.05) is 66.2 Å². The van der Waals surface area contributed by atoms with Crippen molar-refractivity contribution < 1.29 is 8.95 Å². The van der Waals surface area contributed by atoms with Gasteiger partial charge < -0.3 is 20.7 Å². The molecule has 0 spiro atoms. The fraction of sp³-hybridized carbons (Fsp3) is 0.708. The molecule has 1 saturated heterocycles. The van der Waals surface area contributed by atoms with E-state index in [1.165, 1.54) is 5.56 Å². The maximum Gasteiger partial charge on any atom is 0.191 e. The Morgan fingerprint density at radius 1 is 1.26 bits per heavy atom. The Kier molecular flexibility index (Phi) is 9.35. The minimum atomic E-state index is -0.714. The lowest BCUT2D eigenvalue weighted by atomic mass is 9.88. The summed E-state index contributed by atoms with van der Waals surface area (Å²) in [6.45, 7) is 6.59. The van der Waals surface area contributed by atoms with Gasteiger partial charge in [0.25, 0.3) is 0 Å². The minimum Gasteiger partial charge on any atom is -0.381 e. The van der Waals surface area contributed by atoms with E-state index in [2.05, 4.69) is 58.2 Å². The molecule has 3 N–H and O–H groups in total. The van der Waals surface area contributed by atoms with Crippen LogP contribution in [0.5, 0.6) is 0 Å². The standard InChI is InChI=1S/C24H40N4O2S/c1-4-31(29)22-12-8-11-21(17-22)27-23(25-3)26-18-24(13-15-30-16-14-24)28-19(2)20-9-6-5-7-10-20/h5-7,9-10,19,21-22,28H,4,8,11-18H2,1-3H3,(H2,25,26,27). The molecule has 31 heavy (non-hydrogen) atoms. The summed E-state index contributed by atoms with van der Waals surface area (Å²) in [5.41, 5.74) is 1.26. The molecule has 1 aromatic carbocycles. The van der Waals surface area contributed by atoms with E-state index in [1.54, 1.807) is 0 Å². The highest BCUT2D eigenvalue weighted by atomic mass is 32.2. The Morgan fingerprint density at radius 2 is 2.00 bits per heavy atom. The molecule has 0 radical (unpaired) electrons. The number of ether oxygens (including phenoxy) is 1. The van der Waals surface area contributed by atoms with Crippen LogP contribution in [0.4, 0.5) is 0 Å². The molecule has 1 saturated carbocycles. The van der Waals surface area contributed by atoms with Gasteiger partial charge in [0.05, 0.1) is 0 Å². The van der Waals surface area contributed by atoms with Crippen LogP contribution >= 0.6 is 0 Å². The van der Waals surface area contributed by atoms with Gasteiger partial charge in [0.2, 0.25) is 0 Å². The van der Waals surface area contributed by atoms with Gasteiger partial charge >= 0.3 is 0 Å². The van der Waals surface area contributed by atoms with E-state index in [1.807, 2.05) is 14.0 Å². The lowest BCUT2D eigenvalue weighted by molar-refractivity contribution is 0.0354. The Balaban J connectivity index is 1.59. The maximum atomic E-state index is 12.3. The van der Waals surface area contributed by atoms with Crippen LogP contribution in [0.3, 0.4) is 0 Å². The number of nitrogens with one attached hydrogen (secondary N) is 3. The van der Waals surface area contributed by atoms with Crippen LogP contribution in [0.2, 0.25) is 0 Å². The van der Waals surface area contributed by atoms with Crippen LogP contribution in [-0.4, -0.2) is 59.6 Å². The van der Waals surface area contributed by atoms with Crippen molar-refractivity contribution in [3.05, 3.63) is 35.9 Å². The number of aliphatic imine (C=N–C) groups is 1. The van der Waals surface area contributed by atoms with Crippen LogP contribution in [0.1, 0.15) is 64.0 Å². The molecular weight excluding hydrogens is 408 g/mol. The van der Waals surface area contributed by atoms with Gasteiger partial charge in [0.15, 0.2) is 5.96 Å². The molecular formula is C24H40N4O2S. The summed E-state index contributed by atoms with van der Waals surface area (Å²) in [6.07, 6.45) is 6.21. The van der Waals surface area contributed by atoms with Crippen LogP contribution in [-0.2, 0) is 15.5 Å². The molecule has 1 aromatic rings. The highest BCUT2D eigenvalue weighted by molar-refractivity contribution is 7.85. The van der Waals surface area contributed by atoms with Gasteiger partial charge in [-0.25, -0.2) is 0 Å². The summed E-state index contributed by atoms with van der Waals surface area (Å²) in [6, 6.07) is 11.2. The number of guanidine groups is 1. The Labute approximate surface area is 190 Å².